The van der Waals surface area contributed by atoms with Gasteiger partial charge in [-0.25, -0.2) is 0 Å². The van der Waals surface area contributed by atoms with Crippen LogP contribution in [0, 0.1) is 18.8 Å². The number of aryl methyl sites for hydroxylation is 1. The number of esters is 1. The molecule has 1 aromatic carbocycles. The summed E-state index contributed by atoms with van der Waals surface area (Å²) >= 11 is 0. The van der Waals surface area contributed by atoms with Crippen LogP contribution < -0.4 is 4.90 Å². The molecular formula is C17H17NO4. The van der Waals surface area contributed by atoms with Crippen molar-refractivity contribution in [1.29, 1.82) is 0 Å². The maximum atomic E-state index is 13.0. The lowest BCUT2D eigenvalue weighted by atomic mass is 9.77. The fourth-order valence-electron chi connectivity index (χ4n) is 3.97. The summed E-state index contributed by atoms with van der Waals surface area (Å²) in [7, 11) is 1.35. The SMILES string of the molecule is COC(=O)[C@@H]1[C@@H]2C=C[C@@]3(CN(c4ccccc4C)C(=O)[C@H]13)O2. The van der Waals surface area contributed by atoms with Crippen molar-refractivity contribution in [2.45, 2.75) is 18.6 Å². The van der Waals surface area contributed by atoms with Gasteiger partial charge in [-0.3, -0.25) is 9.59 Å². The summed E-state index contributed by atoms with van der Waals surface area (Å²) < 4.78 is 10.9. The minimum Gasteiger partial charge on any atom is -0.469 e. The van der Waals surface area contributed by atoms with Crippen LogP contribution in [0.5, 0.6) is 0 Å². The number of hydrogen-bond acceptors (Lipinski definition) is 4. The molecule has 3 heterocycles. The molecule has 1 spiro atoms. The van der Waals surface area contributed by atoms with Crippen molar-refractivity contribution < 1.29 is 19.1 Å². The summed E-state index contributed by atoms with van der Waals surface area (Å²) in [5.74, 6) is -1.47. The van der Waals surface area contributed by atoms with Gasteiger partial charge in [0.15, 0.2) is 0 Å². The maximum Gasteiger partial charge on any atom is 0.312 e. The molecule has 5 heteroatoms. The zero-order chi connectivity index (χ0) is 15.5. The standard InChI is InChI=1S/C17H17NO4/c1-10-5-3-4-6-11(10)18-9-17-8-7-12(22-17)13(16(20)21-2)14(17)15(18)19/h3-8,12-14H,9H2,1-2H3/t12-,13+,14-,17-/m0/s1. The Kier molecular flexibility index (Phi) is 2.72. The van der Waals surface area contributed by atoms with Crippen LogP contribution in [-0.4, -0.2) is 37.2 Å². The molecule has 114 valence electrons. The number of ether oxygens (including phenoxy) is 2. The predicted molar refractivity (Wildman–Crippen MR) is 79.3 cm³/mol. The van der Waals surface area contributed by atoms with Crippen LogP contribution in [0.3, 0.4) is 0 Å². The van der Waals surface area contributed by atoms with Gasteiger partial charge in [0.05, 0.1) is 25.7 Å². The van der Waals surface area contributed by atoms with Crippen LogP contribution in [0.4, 0.5) is 5.69 Å². The molecule has 5 nitrogen and oxygen atoms in total. The first kappa shape index (κ1) is 13.5. The quantitative estimate of drug-likeness (QED) is 0.613. The fourth-order valence-corrected chi connectivity index (χ4v) is 3.97. The van der Waals surface area contributed by atoms with Gasteiger partial charge >= 0.3 is 5.97 Å². The van der Waals surface area contributed by atoms with Crippen molar-refractivity contribution in [2.75, 3.05) is 18.6 Å². The Bertz CT molecular complexity index is 698. The fraction of sp³-hybridized carbons (Fsp3) is 0.412. The third-order valence-corrected chi connectivity index (χ3v) is 4.98. The number of amides is 1. The van der Waals surface area contributed by atoms with Gasteiger partial charge in [0.2, 0.25) is 5.91 Å². The summed E-state index contributed by atoms with van der Waals surface area (Å²) in [6.07, 6.45) is 3.48. The Morgan fingerprint density at radius 2 is 2.18 bits per heavy atom. The first-order valence-corrected chi connectivity index (χ1v) is 7.39. The van der Waals surface area contributed by atoms with Gasteiger partial charge in [0.25, 0.3) is 0 Å². The Morgan fingerprint density at radius 1 is 1.41 bits per heavy atom. The zero-order valence-electron chi connectivity index (χ0n) is 12.5. The smallest absolute Gasteiger partial charge is 0.312 e. The van der Waals surface area contributed by atoms with Crippen LogP contribution in [-0.2, 0) is 19.1 Å². The molecule has 3 aliphatic rings. The second kappa shape index (κ2) is 4.43. The van der Waals surface area contributed by atoms with Crippen LogP contribution in [0.2, 0.25) is 0 Å². The second-order valence-corrected chi connectivity index (χ2v) is 6.13. The van der Waals surface area contributed by atoms with Crippen molar-refractivity contribution in [1.82, 2.24) is 0 Å². The highest BCUT2D eigenvalue weighted by atomic mass is 16.5. The van der Waals surface area contributed by atoms with E-state index in [1.807, 2.05) is 43.3 Å². The van der Waals surface area contributed by atoms with Crippen LogP contribution in [0.15, 0.2) is 36.4 Å². The molecule has 0 aliphatic carbocycles. The average molecular weight is 299 g/mol. The summed E-state index contributed by atoms with van der Waals surface area (Å²) in [6.45, 7) is 2.42. The number of hydrogen-bond donors (Lipinski definition) is 0. The van der Waals surface area contributed by atoms with E-state index < -0.39 is 17.4 Å². The molecule has 3 aliphatic heterocycles. The van der Waals surface area contributed by atoms with E-state index in [-0.39, 0.29) is 18.0 Å². The van der Waals surface area contributed by atoms with Crippen LogP contribution in [0.1, 0.15) is 5.56 Å². The van der Waals surface area contributed by atoms with E-state index in [1.165, 1.54) is 7.11 Å². The number of carbonyl (C=O) groups is 2. The van der Waals surface area contributed by atoms with Gasteiger partial charge in [-0.2, -0.15) is 0 Å². The topological polar surface area (TPSA) is 55.8 Å². The van der Waals surface area contributed by atoms with Crippen LogP contribution in [0.25, 0.3) is 0 Å². The Morgan fingerprint density at radius 3 is 2.91 bits per heavy atom. The molecule has 0 radical (unpaired) electrons. The van der Waals surface area contributed by atoms with E-state index in [2.05, 4.69) is 0 Å². The normalized spacial score (nSPS) is 35.1. The average Bonchev–Trinajstić information content (AvgIpc) is 3.15. The molecule has 0 aromatic heterocycles. The van der Waals surface area contributed by atoms with Gasteiger partial charge in [0, 0.05) is 5.69 Å². The third kappa shape index (κ3) is 1.57. The molecule has 4 atom stereocenters. The molecule has 1 amide bonds. The number of fused-ring (bicyclic) bond motifs is 1. The molecule has 2 fully saturated rings. The van der Waals surface area contributed by atoms with Gasteiger partial charge in [0.1, 0.15) is 11.5 Å². The molecule has 0 saturated carbocycles. The number of rotatable bonds is 2. The predicted octanol–water partition coefficient (Wildman–Crippen LogP) is 1.45. The van der Waals surface area contributed by atoms with Crippen molar-refractivity contribution in [3.8, 4) is 0 Å². The van der Waals surface area contributed by atoms with Crippen molar-refractivity contribution >= 4 is 17.6 Å². The number of carbonyl (C=O) groups excluding carboxylic acids is 2. The van der Waals surface area contributed by atoms with E-state index in [9.17, 15) is 9.59 Å². The van der Waals surface area contributed by atoms with E-state index in [0.29, 0.717) is 6.54 Å². The first-order valence-electron chi connectivity index (χ1n) is 7.39. The van der Waals surface area contributed by atoms with Crippen molar-refractivity contribution in [3.63, 3.8) is 0 Å². The largest absolute Gasteiger partial charge is 0.469 e. The number of methoxy groups -OCH3 is 1. The molecule has 0 N–H and O–H groups in total. The zero-order valence-corrected chi connectivity index (χ0v) is 12.5. The van der Waals surface area contributed by atoms with Crippen LogP contribution >= 0.6 is 0 Å². The summed E-state index contributed by atoms with van der Waals surface area (Å²) in [5.41, 5.74) is 1.21. The maximum absolute atomic E-state index is 13.0. The first-order chi connectivity index (χ1) is 10.6. The lowest BCUT2D eigenvalue weighted by molar-refractivity contribution is -0.149. The third-order valence-electron chi connectivity index (χ3n) is 4.98. The van der Waals surface area contributed by atoms with E-state index in [1.54, 1.807) is 4.90 Å². The Labute approximate surface area is 128 Å². The molecule has 22 heavy (non-hydrogen) atoms. The molecular weight excluding hydrogens is 282 g/mol. The molecule has 1 aromatic rings. The van der Waals surface area contributed by atoms with Crippen molar-refractivity contribution in [2.24, 2.45) is 11.8 Å². The Hall–Kier alpha value is -2.14. The van der Waals surface area contributed by atoms with E-state index >= 15 is 0 Å². The van der Waals surface area contributed by atoms with Gasteiger partial charge in [-0.15, -0.1) is 0 Å². The van der Waals surface area contributed by atoms with Crippen molar-refractivity contribution in [3.05, 3.63) is 42.0 Å². The molecule has 0 unspecified atom stereocenters. The van der Waals surface area contributed by atoms with Gasteiger partial charge in [-0.1, -0.05) is 30.4 Å². The number of benzene rings is 1. The minimum atomic E-state index is -0.692. The lowest BCUT2D eigenvalue weighted by Gasteiger charge is -2.22. The second-order valence-electron chi connectivity index (χ2n) is 6.13. The number of anilines is 1. The highest BCUT2D eigenvalue weighted by Gasteiger charge is 2.67. The summed E-state index contributed by atoms with van der Waals surface area (Å²) in [4.78, 5) is 26.8. The van der Waals surface area contributed by atoms with E-state index in [4.69, 9.17) is 9.47 Å². The monoisotopic (exact) mass is 299 g/mol. The Balaban J connectivity index is 1.75. The summed E-state index contributed by atoms with van der Waals surface area (Å²) in [6, 6.07) is 7.75. The number of nitrogens with zero attached hydrogens (tertiary/aromatic N) is 1. The summed E-state index contributed by atoms with van der Waals surface area (Å²) in [5, 5.41) is 0. The highest BCUT2D eigenvalue weighted by molar-refractivity contribution is 6.03. The highest BCUT2D eigenvalue weighted by Crippen LogP contribution is 2.53. The lowest BCUT2D eigenvalue weighted by Crippen LogP contribution is -2.39. The molecule has 2 bridgehead atoms. The minimum absolute atomic E-state index is 0.0587. The van der Waals surface area contributed by atoms with E-state index in [0.717, 1.165) is 11.3 Å². The number of para-hydroxylation sites is 1. The molecule has 2 saturated heterocycles. The molecule has 4 rings (SSSR count). The van der Waals surface area contributed by atoms with Gasteiger partial charge in [-0.05, 0) is 18.6 Å². The van der Waals surface area contributed by atoms with Gasteiger partial charge < -0.3 is 14.4 Å².